The van der Waals surface area contributed by atoms with E-state index < -0.39 is 10.8 Å². The average molecular weight is 243 g/mol. The SMILES string of the molecule is NC[C@](N)(S)c1cc(N)c(C(=O)O)cc1O. The highest BCUT2D eigenvalue weighted by atomic mass is 32.1. The van der Waals surface area contributed by atoms with Crippen LogP contribution in [0.1, 0.15) is 15.9 Å². The van der Waals surface area contributed by atoms with Crippen molar-refractivity contribution in [2.24, 2.45) is 11.5 Å². The fourth-order valence-electron chi connectivity index (χ4n) is 1.25. The summed E-state index contributed by atoms with van der Waals surface area (Å²) in [5, 5.41) is 18.4. The zero-order chi connectivity index (χ0) is 12.5. The van der Waals surface area contributed by atoms with Gasteiger partial charge in [-0.05, 0) is 12.1 Å². The number of phenols is 1. The van der Waals surface area contributed by atoms with Gasteiger partial charge in [-0.15, -0.1) is 0 Å². The van der Waals surface area contributed by atoms with Crippen LogP contribution >= 0.6 is 12.6 Å². The zero-order valence-corrected chi connectivity index (χ0v) is 9.24. The van der Waals surface area contributed by atoms with Crippen molar-refractivity contribution in [3.63, 3.8) is 0 Å². The van der Waals surface area contributed by atoms with Gasteiger partial charge in [-0.25, -0.2) is 4.79 Å². The van der Waals surface area contributed by atoms with Crippen LogP contribution < -0.4 is 17.2 Å². The van der Waals surface area contributed by atoms with Gasteiger partial charge in [0.05, 0.1) is 5.56 Å². The monoisotopic (exact) mass is 243 g/mol. The second-order valence-electron chi connectivity index (χ2n) is 3.39. The molecule has 0 fully saturated rings. The lowest BCUT2D eigenvalue weighted by Crippen LogP contribution is -2.38. The van der Waals surface area contributed by atoms with Gasteiger partial charge < -0.3 is 27.4 Å². The minimum absolute atomic E-state index is 0.00220. The Balaban J connectivity index is 3.37. The topological polar surface area (TPSA) is 136 Å². The number of aromatic hydroxyl groups is 1. The summed E-state index contributed by atoms with van der Waals surface area (Å²) in [5.74, 6) is -1.52. The first kappa shape index (κ1) is 12.6. The number of carboxylic acid groups (broad SMARTS) is 1. The van der Waals surface area contributed by atoms with Gasteiger partial charge in [-0.2, -0.15) is 12.6 Å². The van der Waals surface area contributed by atoms with Gasteiger partial charge in [0, 0.05) is 17.8 Å². The number of rotatable bonds is 3. The number of phenolic OH excluding ortho intramolecular Hbond substituents is 1. The van der Waals surface area contributed by atoms with Gasteiger partial charge >= 0.3 is 5.97 Å². The van der Waals surface area contributed by atoms with Gasteiger partial charge in [-0.1, -0.05) is 0 Å². The molecule has 0 aliphatic rings. The quantitative estimate of drug-likeness (QED) is 0.186. The fraction of sp³-hybridized carbons (Fsp3) is 0.222. The highest BCUT2D eigenvalue weighted by Crippen LogP contribution is 2.33. The summed E-state index contributed by atoms with van der Waals surface area (Å²) in [5.41, 5.74) is 16.6. The standard InChI is InChI=1S/C9H13N3O3S/c10-3-9(12,16)5-2-6(11)4(8(14)15)1-7(5)13/h1-2,13,16H,3,10-12H2,(H,14,15)/t9-/m0/s1. The van der Waals surface area contributed by atoms with Crippen molar-refractivity contribution in [2.45, 2.75) is 4.87 Å². The van der Waals surface area contributed by atoms with E-state index in [9.17, 15) is 9.90 Å². The van der Waals surface area contributed by atoms with Crippen molar-refractivity contribution in [3.8, 4) is 5.75 Å². The van der Waals surface area contributed by atoms with Crippen molar-refractivity contribution >= 4 is 24.3 Å². The summed E-state index contributed by atoms with van der Waals surface area (Å²) in [7, 11) is 0. The van der Waals surface area contributed by atoms with Crippen LogP contribution in [-0.4, -0.2) is 22.7 Å². The van der Waals surface area contributed by atoms with E-state index in [-0.39, 0.29) is 29.1 Å². The summed E-state index contributed by atoms with van der Waals surface area (Å²) in [6, 6.07) is 2.29. The number of nitrogens with two attached hydrogens (primary N) is 3. The molecule has 0 spiro atoms. The highest BCUT2D eigenvalue weighted by molar-refractivity contribution is 7.81. The fourth-order valence-corrected chi connectivity index (χ4v) is 1.43. The third-order valence-corrected chi connectivity index (χ3v) is 2.60. The maximum atomic E-state index is 10.7. The molecule has 0 bridgehead atoms. The Morgan fingerprint density at radius 1 is 1.50 bits per heavy atom. The van der Waals surface area contributed by atoms with E-state index >= 15 is 0 Å². The Bertz CT molecular complexity index is 434. The minimum atomic E-state index is -1.25. The van der Waals surface area contributed by atoms with Crippen LogP contribution in [0.2, 0.25) is 0 Å². The number of hydrogen-bond acceptors (Lipinski definition) is 6. The number of carbonyl (C=O) groups is 1. The average Bonchev–Trinajstić information content (AvgIpc) is 2.20. The molecule has 0 aliphatic carbocycles. The van der Waals surface area contributed by atoms with Crippen molar-refractivity contribution < 1.29 is 15.0 Å². The Labute approximate surface area is 97.5 Å². The van der Waals surface area contributed by atoms with Crippen LogP contribution in [0.4, 0.5) is 5.69 Å². The van der Waals surface area contributed by atoms with Crippen molar-refractivity contribution in [1.29, 1.82) is 0 Å². The predicted molar refractivity (Wildman–Crippen MR) is 63.4 cm³/mol. The van der Waals surface area contributed by atoms with Gasteiger partial charge in [0.2, 0.25) is 0 Å². The smallest absolute Gasteiger partial charge is 0.337 e. The zero-order valence-electron chi connectivity index (χ0n) is 8.34. The third-order valence-electron chi connectivity index (χ3n) is 2.18. The molecule has 0 heterocycles. The highest BCUT2D eigenvalue weighted by Gasteiger charge is 2.26. The van der Waals surface area contributed by atoms with Gasteiger partial charge in [-0.3, -0.25) is 0 Å². The number of aromatic carboxylic acids is 1. The largest absolute Gasteiger partial charge is 0.508 e. The summed E-state index contributed by atoms with van der Waals surface area (Å²) in [6.45, 7) is -0.0322. The first-order chi connectivity index (χ1) is 7.29. The van der Waals surface area contributed by atoms with Crippen LogP contribution in [0, 0.1) is 0 Å². The summed E-state index contributed by atoms with van der Waals surface area (Å²) < 4.78 is 0. The Kier molecular flexibility index (Phi) is 3.32. The lowest BCUT2D eigenvalue weighted by Gasteiger charge is -2.23. The second-order valence-corrected chi connectivity index (χ2v) is 4.19. The summed E-state index contributed by atoms with van der Waals surface area (Å²) in [4.78, 5) is 9.48. The van der Waals surface area contributed by atoms with E-state index in [1.54, 1.807) is 0 Å². The second kappa shape index (κ2) is 4.20. The number of benzene rings is 1. The maximum absolute atomic E-state index is 10.7. The van der Waals surface area contributed by atoms with Crippen LogP contribution in [-0.2, 0) is 4.87 Å². The molecule has 1 aromatic carbocycles. The first-order valence-corrected chi connectivity index (χ1v) is 4.82. The van der Waals surface area contributed by atoms with E-state index in [2.05, 4.69) is 12.6 Å². The number of thiol groups is 1. The molecule has 1 rings (SSSR count). The third kappa shape index (κ3) is 2.21. The number of nitrogen functional groups attached to an aromatic ring is 1. The molecule has 1 atom stereocenters. The molecule has 0 aliphatic heterocycles. The van der Waals surface area contributed by atoms with Crippen LogP contribution in [0.15, 0.2) is 12.1 Å². The van der Waals surface area contributed by atoms with Crippen molar-refractivity contribution in [1.82, 2.24) is 0 Å². The molecular weight excluding hydrogens is 230 g/mol. The summed E-state index contributed by atoms with van der Waals surface area (Å²) >= 11 is 4.07. The molecule has 7 heteroatoms. The van der Waals surface area contributed by atoms with Crippen LogP contribution in [0.5, 0.6) is 5.75 Å². The maximum Gasteiger partial charge on any atom is 0.337 e. The summed E-state index contributed by atoms with van der Waals surface area (Å²) in [6.07, 6.45) is 0. The Hall–Kier alpha value is -1.44. The van der Waals surface area contributed by atoms with Crippen LogP contribution in [0.25, 0.3) is 0 Å². The van der Waals surface area contributed by atoms with Gasteiger partial charge in [0.1, 0.15) is 10.6 Å². The number of anilines is 1. The van der Waals surface area contributed by atoms with Gasteiger partial charge in [0.25, 0.3) is 0 Å². The molecule has 0 aromatic heterocycles. The number of carboxylic acids is 1. The van der Waals surface area contributed by atoms with Crippen molar-refractivity contribution in [3.05, 3.63) is 23.3 Å². The van der Waals surface area contributed by atoms with Crippen molar-refractivity contribution in [2.75, 3.05) is 12.3 Å². The molecule has 16 heavy (non-hydrogen) atoms. The van der Waals surface area contributed by atoms with E-state index in [0.29, 0.717) is 0 Å². The molecule has 0 saturated heterocycles. The Morgan fingerprint density at radius 2 is 2.06 bits per heavy atom. The molecule has 0 radical (unpaired) electrons. The predicted octanol–water partition coefficient (Wildman–Crippen LogP) is -0.327. The molecule has 1 aromatic rings. The van der Waals surface area contributed by atoms with E-state index in [1.165, 1.54) is 6.07 Å². The van der Waals surface area contributed by atoms with Crippen LogP contribution in [0.3, 0.4) is 0 Å². The van der Waals surface area contributed by atoms with E-state index in [0.717, 1.165) is 6.07 Å². The lowest BCUT2D eigenvalue weighted by molar-refractivity contribution is 0.0697. The molecular formula is C9H13N3O3S. The molecule has 8 N–H and O–H groups in total. The van der Waals surface area contributed by atoms with E-state index in [4.69, 9.17) is 22.3 Å². The van der Waals surface area contributed by atoms with E-state index in [1.807, 2.05) is 0 Å². The minimum Gasteiger partial charge on any atom is -0.508 e. The molecule has 0 amide bonds. The molecule has 6 nitrogen and oxygen atoms in total. The molecule has 88 valence electrons. The normalized spacial score (nSPS) is 14.4. The van der Waals surface area contributed by atoms with Gasteiger partial charge in [0.15, 0.2) is 0 Å². The number of hydrogen-bond donors (Lipinski definition) is 6. The Morgan fingerprint density at radius 3 is 2.50 bits per heavy atom. The molecule has 0 saturated carbocycles. The lowest BCUT2D eigenvalue weighted by atomic mass is 10.0. The molecule has 0 unspecified atom stereocenters. The first-order valence-electron chi connectivity index (χ1n) is 4.37.